The van der Waals surface area contributed by atoms with Crippen LogP contribution in [0.15, 0.2) is 24.3 Å². The number of hydrogen-bond donors (Lipinski definition) is 1. The Morgan fingerprint density at radius 3 is 2.16 bits per heavy atom. The van der Waals surface area contributed by atoms with Crippen molar-refractivity contribution in [3.05, 3.63) is 35.4 Å². The molecule has 3 heteroatoms. The smallest absolute Gasteiger partial charge is 0.251 e. The van der Waals surface area contributed by atoms with Gasteiger partial charge in [-0.2, -0.15) is 0 Å². The van der Waals surface area contributed by atoms with E-state index in [0.717, 1.165) is 36.7 Å². The van der Waals surface area contributed by atoms with Crippen molar-refractivity contribution < 1.29 is 4.79 Å². The second-order valence-corrected chi connectivity index (χ2v) is 5.63. The maximum absolute atomic E-state index is 12.1. The Morgan fingerprint density at radius 1 is 1.16 bits per heavy atom. The molecule has 1 rings (SSSR count). The van der Waals surface area contributed by atoms with E-state index in [1.165, 1.54) is 5.56 Å². The van der Waals surface area contributed by atoms with Crippen LogP contribution in [0.2, 0.25) is 0 Å². The lowest BCUT2D eigenvalue weighted by molar-refractivity contribution is 0.0932. The average Bonchev–Trinajstić information content (AvgIpc) is 2.49. The normalized spacial score (nSPS) is 11.4. The van der Waals surface area contributed by atoms with Crippen LogP contribution in [0.25, 0.3) is 0 Å². The van der Waals surface area contributed by atoms with Gasteiger partial charge in [0.1, 0.15) is 0 Å². The molecule has 106 valence electrons. The fraction of sp³-hybridized carbons (Fsp3) is 0.562. The van der Waals surface area contributed by atoms with Gasteiger partial charge in [-0.25, -0.2) is 0 Å². The van der Waals surface area contributed by atoms with Crippen molar-refractivity contribution >= 4 is 21.8 Å². The SMILES string of the molecule is CCc1ccc(C(=O)NCC(CC)(CC)CBr)cc1. The molecule has 0 radical (unpaired) electrons. The van der Waals surface area contributed by atoms with Crippen LogP contribution in [-0.4, -0.2) is 17.8 Å². The third kappa shape index (κ3) is 4.34. The molecule has 0 saturated carbocycles. The summed E-state index contributed by atoms with van der Waals surface area (Å²) in [6.45, 7) is 7.18. The quantitative estimate of drug-likeness (QED) is 0.748. The van der Waals surface area contributed by atoms with Gasteiger partial charge in [0.05, 0.1) is 0 Å². The summed E-state index contributed by atoms with van der Waals surface area (Å²) in [7, 11) is 0. The van der Waals surface area contributed by atoms with E-state index in [4.69, 9.17) is 0 Å². The second-order valence-electron chi connectivity index (χ2n) is 5.07. The molecule has 0 unspecified atom stereocenters. The molecule has 0 aliphatic rings. The first-order valence-electron chi connectivity index (χ1n) is 7.04. The Bertz CT molecular complexity index is 387. The van der Waals surface area contributed by atoms with Crippen molar-refractivity contribution in [2.24, 2.45) is 5.41 Å². The first-order valence-corrected chi connectivity index (χ1v) is 8.16. The minimum atomic E-state index is 0.0230. The van der Waals surface area contributed by atoms with Crippen molar-refractivity contribution in [2.45, 2.75) is 40.0 Å². The zero-order valence-corrected chi connectivity index (χ0v) is 13.7. The fourth-order valence-electron chi connectivity index (χ4n) is 2.00. The van der Waals surface area contributed by atoms with Crippen LogP contribution in [0, 0.1) is 5.41 Å². The van der Waals surface area contributed by atoms with Gasteiger partial charge in [0, 0.05) is 17.4 Å². The number of benzene rings is 1. The third-order valence-corrected chi connectivity index (χ3v) is 5.22. The number of aryl methyl sites for hydroxylation is 1. The highest BCUT2D eigenvalue weighted by Gasteiger charge is 2.25. The molecule has 0 saturated heterocycles. The first-order chi connectivity index (χ1) is 9.10. The average molecular weight is 326 g/mol. The highest BCUT2D eigenvalue weighted by Crippen LogP contribution is 2.27. The monoisotopic (exact) mass is 325 g/mol. The zero-order chi connectivity index (χ0) is 14.3. The third-order valence-electron chi connectivity index (χ3n) is 4.03. The Morgan fingerprint density at radius 2 is 1.74 bits per heavy atom. The van der Waals surface area contributed by atoms with Crippen LogP contribution in [0.3, 0.4) is 0 Å². The second kappa shape index (κ2) is 7.68. The van der Waals surface area contributed by atoms with E-state index in [1.807, 2.05) is 24.3 Å². The molecule has 1 N–H and O–H groups in total. The fourth-order valence-corrected chi connectivity index (χ4v) is 2.99. The molecular formula is C16H24BrNO. The highest BCUT2D eigenvalue weighted by molar-refractivity contribution is 9.09. The summed E-state index contributed by atoms with van der Waals surface area (Å²) in [4.78, 5) is 12.1. The van der Waals surface area contributed by atoms with E-state index >= 15 is 0 Å². The molecule has 0 aliphatic heterocycles. The van der Waals surface area contributed by atoms with Gasteiger partial charge < -0.3 is 5.32 Å². The van der Waals surface area contributed by atoms with Crippen LogP contribution in [0.4, 0.5) is 0 Å². The lowest BCUT2D eigenvalue weighted by atomic mass is 9.84. The molecule has 1 aromatic carbocycles. The predicted octanol–water partition coefficient (Wildman–Crippen LogP) is 4.18. The minimum Gasteiger partial charge on any atom is -0.351 e. The van der Waals surface area contributed by atoms with Crippen molar-refractivity contribution in [1.29, 1.82) is 0 Å². The van der Waals surface area contributed by atoms with E-state index in [0.29, 0.717) is 0 Å². The molecule has 0 atom stereocenters. The summed E-state index contributed by atoms with van der Waals surface area (Å²) in [5, 5.41) is 3.98. The molecule has 2 nitrogen and oxygen atoms in total. The van der Waals surface area contributed by atoms with E-state index in [-0.39, 0.29) is 11.3 Å². The largest absolute Gasteiger partial charge is 0.351 e. The summed E-state index contributed by atoms with van der Waals surface area (Å²) in [6, 6.07) is 7.85. The maximum atomic E-state index is 12.1. The van der Waals surface area contributed by atoms with Crippen molar-refractivity contribution in [1.82, 2.24) is 5.32 Å². The summed E-state index contributed by atoms with van der Waals surface area (Å²) in [6.07, 6.45) is 3.12. The van der Waals surface area contributed by atoms with Gasteiger partial charge in [0.25, 0.3) is 5.91 Å². The number of nitrogens with one attached hydrogen (secondary N) is 1. The minimum absolute atomic E-state index is 0.0230. The molecule has 0 bridgehead atoms. The Balaban J connectivity index is 2.63. The number of amides is 1. The Kier molecular flexibility index (Phi) is 6.56. The van der Waals surface area contributed by atoms with E-state index in [1.54, 1.807) is 0 Å². The highest BCUT2D eigenvalue weighted by atomic mass is 79.9. The van der Waals surface area contributed by atoms with Crippen LogP contribution in [-0.2, 0) is 6.42 Å². The Labute approximate surface area is 125 Å². The molecule has 0 aliphatic carbocycles. The summed E-state index contributed by atoms with van der Waals surface area (Å²) in [5.41, 5.74) is 2.17. The van der Waals surface area contributed by atoms with E-state index in [9.17, 15) is 4.79 Å². The zero-order valence-electron chi connectivity index (χ0n) is 12.1. The number of halogens is 1. The number of rotatable bonds is 7. The van der Waals surface area contributed by atoms with Crippen LogP contribution in [0.1, 0.15) is 49.5 Å². The summed E-state index contributed by atoms with van der Waals surface area (Å²) in [5.74, 6) is 0.0230. The van der Waals surface area contributed by atoms with E-state index in [2.05, 4.69) is 42.0 Å². The van der Waals surface area contributed by atoms with Gasteiger partial charge in [-0.15, -0.1) is 0 Å². The lowest BCUT2D eigenvalue weighted by Gasteiger charge is -2.29. The predicted molar refractivity (Wildman–Crippen MR) is 85.0 cm³/mol. The number of carbonyl (C=O) groups is 1. The molecular weight excluding hydrogens is 302 g/mol. The van der Waals surface area contributed by atoms with Crippen LogP contribution in [0.5, 0.6) is 0 Å². The number of hydrogen-bond acceptors (Lipinski definition) is 1. The van der Waals surface area contributed by atoms with Crippen molar-refractivity contribution in [2.75, 3.05) is 11.9 Å². The van der Waals surface area contributed by atoms with Crippen molar-refractivity contribution in [3.8, 4) is 0 Å². The molecule has 0 aromatic heterocycles. The molecule has 0 heterocycles. The number of carbonyl (C=O) groups excluding carboxylic acids is 1. The van der Waals surface area contributed by atoms with Gasteiger partial charge in [-0.05, 0) is 42.4 Å². The van der Waals surface area contributed by atoms with Gasteiger partial charge in [-0.3, -0.25) is 4.79 Å². The molecule has 19 heavy (non-hydrogen) atoms. The van der Waals surface area contributed by atoms with Gasteiger partial charge in [0.15, 0.2) is 0 Å². The lowest BCUT2D eigenvalue weighted by Crippen LogP contribution is -2.38. The molecule has 0 fully saturated rings. The summed E-state index contributed by atoms with van der Waals surface area (Å²) < 4.78 is 0. The standard InChI is InChI=1S/C16H24BrNO/c1-4-13-7-9-14(10-8-13)15(19)18-12-16(5-2,6-3)11-17/h7-10H,4-6,11-12H2,1-3H3,(H,18,19). The number of alkyl halides is 1. The van der Waals surface area contributed by atoms with Gasteiger partial charge in [-0.1, -0.05) is 48.8 Å². The van der Waals surface area contributed by atoms with Gasteiger partial charge >= 0.3 is 0 Å². The molecule has 1 aromatic rings. The van der Waals surface area contributed by atoms with Crippen molar-refractivity contribution in [3.63, 3.8) is 0 Å². The molecule has 1 amide bonds. The van der Waals surface area contributed by atoms with E-state index < -0.39 is 0 Å². The Hall–Kier alpha value is -0.830. The van der Waals surface area contributed by atoms with Crippen LogP contribution >= 0.6 is 15.9 Å². The maximum Gasteiger partial charge on any atom is 0.251 e. The molecule has 0 spiro atoms. The summed E-state index contributed by atoms with van der Waals surface area (Å²) >= 11 is 3.57. The van der Waals surface area contributed by atoms with Gasteiger partial charge in [0.2, 0.25) is 0 Å². The van der Waals surface area contributed by atoms with Crippen LogP contribution < -0.4 is 5.32 Å². The topological polar surface area (TPSA) is 29.1 Å². The first kappa shape index (κ1) is 16.2.